The molecular formula is C16H26N6O. The summed E-state index contributed by atoms with van der Waals surface area (Å²) in [7, 11) is 1.78. The second-order valence-electron chi connectivity index (χ2n) is 6.09. The van der Waals surface area contributed by atoms with E-state index in [0.29, 0.717) is 6.54 Å². The van der Waals surface area contributed by atoms with E-state index < -0.39 is 0 Å². The van der Waals surface area contributed by atoms with Crippen LogP contribution in [-0.2, 0) is 13.1 Å². The Hall–Kier alpha value is -2.31. The summed E-state index contributed by atoms with van der Waals surface area (Å²) >= 11 is 0. The van der Waals surface area contributed by atoms with Gasteiger partial charge in [0.2, 0.25) is 0 Å². The lowest BCUT2D eigenvalue weighted by molar-refractivity contribution is 0.220. The minimum absolute atomic E-state index is 0.157. The Kier molecular flexibility index (Phi) is 5.08. The molecule has 2 heterocycles. The van der Waals surface area contributed by atoms with Gasteiger partial charge in [-0.3, -0.25) is 10.00 Å². The van der Waals surface area contributed by atoms with E-state index in [0.717, 1.165) is 29.3 Å². The van der Waals surface area contributed by atoms with Crippen molar-refractivity contribution >= 4 is 11.8 Å². The summed E-state index contributed by atoms with van der Waals surface area (Å²) in [5.41, 5.74) is 2.89. The van der Waals surface area contributed by atoms with Crippen LogP contribution in [-0.4, -0.2) is 37.5 Å². The summed E-state index contributed by atoms with van der Waals surface area (Å²) in [6.45, 7) is 11.3. The number of urea groups is 1. The van der Waals surface area contributed by atoms with Crippen LogP contribution in [0.3, 0.4) is 0 Å². The lowest BCUT2D eigenvalue weighted by Gasteiger charge is -2.19. The summed E-state index contributed by atoms with van der Waals surface area (Å²) in [4.78, 5) is 14.1. The average Bonchev–Trinajstić information content (AvgIpc) is 3.02. The SMILES string of the molecule is CCn1cc(CN(C)C(=O)Nc2cc(C)nn2C(C)C)c(C)n1. The third-order valence-electron chi connectivity index (χ3n) is 3.71. The maximum Gasteiger partial charge on any atom is 0.323 e. The number of aromatic nitrogens is 4. The summed E-state index contributed by atoms with van der Waals surface area (Å²) in [6.07, 6.45) is 1.99. The molecule has 0 aliphatic heterocycles. The van der Waals surface area contributed by atoms with Crippen LogP contribution < -0.4 is 5.32 Å². The van der Waals surface area contributed by atoms with Gasteiger partial charge in [-0.05, 0) is 34.6 Å². The van der Waals surface area contributed by atoms with Crippen LogP contribution in [0.25, 0.3) is 0 Å². The van der Waals surface area contributed by atoms with Gasteiger partial charge in [-0.1, -0.05) is 0 Å². The predicted octanol–water partition coefficient (Wildman–Crippen LogP) is 2.96. The molecule has 126 valence electrons. The zero-order valence-corrected chi connectivity index (χ0v) is 14.8. The lowest BCUT2D eigenvalue weighted by Crippen LogP contribution is -2.32. The third-order valence-corrected chi connectivity index (χ3v) is 3.71. The van der Waals surface area contributed by atoms with Crippen LogP contribution in [0.5, 0.6) is 0 Å². The maximum absolute atomic E-state index is 12.4. The number of nitrogens with zero attached hydrogens (tertiary/aromatic N) is 5. The Labute approximate surface area is 137 Å². The molecule has 7 nitrogen and oxygen atoms in total. The minimum atomic E-state index is -0.157. The summed E-state index contributed by atoms with van der Waals surface area (Å²) in [6, 6.07) is 1.91. The van der Waals surface area contributed by atoms with Crippen LogP contribution in [0.15, 0.2) is 12.3 Å². The molecule has 0 saturated carbocycles. The van der Waals surface area contributed by atoms with Crippen LogP contribution in [0, 0.1) is 13.8 Å². The molecule has 0 saturated heterocycles. The normalized spacial score (nSPS) is 11.1. The molecule has 2 amide bonds. The lowest BCUT2D eigenvalue weighted by atomic mass is 10.2. The van der Waals surface area contributed by atoms with Crippen molar-refractivity contribution in [2.24, 2.45) is 0 Å². The highest BCUT2D eigenvalue weighted by Gasteiger charge is 2.16. The van der Waals surface area contributed by atoms with E-state index in [4.69, 9.17) is 0 Å². The fourth-order valence-corrected chi connectivity index (χ4v) is 2.41. The summed E-state index contributed by atoms with van der Waals surface area (Å²) in [5, 5.41) is 11.7. The van der Waals surface area contributed by atoms with Crippen molar-refractivity contribution in [1.29, 1.82) is 0 Å². The predicted molar refractivity (Wildman–Crippen MR) is 90.5 cm³/mol. The first-order chi connectivity index (χ1) is 10.8. The molecule has 0 unspecified atom stereocenters. The molecular weight excluding hydrogens is 292 g/mol. The molecule has 0 spiro atoms. The standard InChI is InChI=1S/C16H26N6O/c1-7-21-10-14(13(5)19-21)9-20(6)16(23)17-15-8-12(4)18-22(15)11(2)3/h8,10-11H,7,9H2,1-6H3,(H,17,23). The van der Waals surface area contributed by atoms with Crippen LogP contribution in [0.1, 0.15) is 43.8 Å². The molecule has 0 aliphatic carbocycles. The second-order valence-corrected chi connectivity index (χ2v) is 6.09. The number of hydrogen-bond acceptors (Lipinski definition) is 3. The first-order valence-corrected chi connectivity index (χ1v) is 7.93. The fraction of sp³-hybridized carbons (Fsp3) is 0.562. The van der Waals surface area contributed by atoms with Crippen molar-refractivity contribution in [2.45, 2.75) is 53.8 Å². The van der Waals surface area contributed by atoms with Crippen molar-refractivity contribution in [2.75, 3.05) is 12.4 Å². The van der Waals surface area contributed by atoms with Crippen molar-refractivity contribution in [3.8, 4) is 0 Å². The molecule has 1 N–H and O–H groups in total. The highest BCUT2D eigenvalue weighted by Crippen LogP contribution is 2.17. The quantitative estimate of drug-likeness (QED) is 0.921. The van der Waals surface area contributed by atoms with Gasteiger partial charge in [-0.25, -0.2) is 9.48 Å². The highest BCUT2D eigenvalue weighted by atomic mass is 16.2. The number of carbonyl (C=O) groups excluding carboxylic acids is 1. The topological polar surface area (TPSA) is 68.0 Å². The Morgan fingerprint density at radius 3 is 2.61 bits per heavy atom. The monoisotopic (exact) mass is 318 g/mol. The Balaban J connectivity index is 2.07. The fourth-order valence-electron chi connectivity index (χ4n) is 2.41. The molecule has 2 aromatic rings. The average molecular weight is 318 g/mol. The summed E-state index contributed by atoms with van der Waals surface area (Å²) < 4.78 is 3.70. The first-order valence-electron chi connectivity index (χ1n) is 7.93. The third kappa shape index (κ3) is 3.91. The van der Waals surface area contributed by atoms with Crippen LogP contribution in [0.4, 0.5) is 10.6 Å². The van der Waals surface area contributed by atoms with E-state index in [1.165, 1.54) is 0 Å². The smallest absolute Gasteiger partial charge is 0.323 e. The molecule has 2 rings (SSSR count). The number of rotatable bonds is 5. The molecule has 2 aromatic heterocycles. The highest BCUT2D eigenvalue weighted by molar-refractivity contribution is 5.88. The number of anilines is 1. The van der Waals surface area contributed by atoms with Crippen LogP contribution >= 0.6 is 0 Å². The van der Waals surface area contributed by atoms with Gasteiger partial charge >= 0.3 is 6.03 Å². The van der Waals surface area contributed by atoms with Gasteiger partial charge in [0, 0.05) is 37.5 Å². The van der Waals surface area contributed by atoms with E-state index in [1.54, 1.807) is 11.9 Å². The first kappa shape index (κ1) is 17.1. The van der Waals surface area contributed by atoms with E-state index in [-0.39, 0.29) is 12.1 Å². The molecule has 0 radical (unpaired) electrons. The Morgan fingerprint density at radius 1 is 1.35 bits per heavy atom. The number of nitrogens with one attached hydrogen (secondary N) is 1. The van der Waals surface area contributed by atoms with Crippen molar-refractivity contribution in [3.63, 3.8) is 0 Å². The van der Waals surface area contributed by atoms with Crippen LogP contribution in [0.2, 0.25) is 0 Å². The molecule has 0 aromatic carbocycles. The molecule has 0 fully saturated rings. The van der Waals surface area contributed by atoms with Gasteiger partial charge in [0.1, 0.15) is 5.82 Å². The van der Waals surface area contributed by atoms with E-state index >= 15 is 0 Å². The Bertz CT molecular complexity index is 685. The maximum atomic E-state index is 12.4. The molecule has 7 heteroatoms. The minimum Gasteiger partial charge on any atom is -0.323 e. The van der Waals surface area contributed by atoms with Gasteiger partial charge in [0.25, 0.3) is 0 Å². The van der Waals surface area contributed by atoms with E-state index in [1.807, 2.05) is 56.2 Å². The zero-order valence-electron chi connectivity index (χ0n) is 14.8. The molecule has 23 heavy (non-hydrogen) atoms. The second kappa shape index (κ2) is 6.85. The van der Waals surface area contributed by atoms with E-state index in [2.05, 4.69) is 15.5 Å². The number of amides is 2. The van der Waals surface area contributed by atoms with Crippen molar-refractivity contribution in [1.82, 2.24) is 24.5 Å². The van der Waals surface area contributed by atoms with Crippen molar-refractivity contribution in [3.05, 3.63) is 29.2 Å². The number of aryl methyl sites for hydroxylation is 3. The van der Waals surface area contributed by atoms with Gasteiger partial charge in [0.15, 0.2) is 0 Å². The molecule has 0 bridgehead atoms. The largest absolute Gasteiger partial charge is 0.323 e. The van der Waals surface area contributed by atoms with Crippen molar-refractivity contribution < 1.29 is 4.79 Å². The van der Waals surface area contributed by atoms with Gasteiger partial charge < -0.3 is 4.90 Å². The van der Waals surface area contributed by atoms with Gasteiger partial charge in [-0.2, -0.15) is 10.2 Å². The number of carbonyl (C=O) groups is 1. The zero-order chi connectivity index (χ0) is 17.1. The van der Waals surface area contributed by atoms with E-state index in [9.17, 15) is 4.79 Å². The van der Waals surface area contributed by atoms with Gasteiger partial charge in [0.05, 0.1) is 17.9 Å². The van der Waals surface area contributed by atoms with Gasteiger partial charge in [-0.15, -0.1) is 0 Å². The Morgan fingerprint density at radius 2 is 2.04 bits per heavy atom. The molecule has 0 aliphatic rings. The number of hydrogen-bond donors (Lipinski definition) is 1. The molecule has 0 atom stereocenters. The summed E-state index contributed by atoms with van der Waals surface area (Å²) in [5.74, 6) is 0.718.